The minimum absolute atomic E-state index is 0.377. The summed E-state index contributed by atoms with van der Waals surface area (Å²) in [6, 6.07) is 10.9. The van der Waals surface area contributed by atoms with Crippen molar-refractivity contribution in [3.63, 3.8) is 0 Å². The number of halogens is 2. The zero-order chi connectivity index (χ0) is 17.8. The molecule has 3 rings (SSSR count). The highest BCUT2D eigenvalue weighted by Gasteiger charge is 2.13. The second-order valence-electron chi connectivity index (χ2n) is 5.06. The lowest BCUT2D eigenvalue weighted by atomic mass is 10.2. The SMILES string of the molecule is COc1cc(CNc2nnnn2-c2cccc(Cl)c2Cl)cc(OC)c1. The van der Waals surface area contributed by atoms with Crippen molar-refractivity contribution in [2.75, 3.05) is 19.5 Å². The lowest BCUT2D eigenvalue weighted by Gasteiger charge is -2.11. The van der Waals surface area contributed by atoms with Gasteiger partial charge in [-0.15, -0.1) is 0 Å². The summed E-state index contributed by atoms with van der Waals surface area (Å²) >= 11 is 12.3. The van der Waals surface area contributed by atoms with Gasteiger partial charge in [0.15, 0.2) is 0 Å². The average molecular weight is 380 g/mol. The number of ether oxygens (including phenoxy) is 2. The monoisotopic (exact) mass is 379 g/mol. The molecule has 7 nitrogen and oxygen atoms in total. The van der Waals surface area contributed by atoms with E-state index in [0.29, 0.717) is 39.7 Å². The topological polar surface area (TPSA) is 74.1 Å². The molecule has 0 unspecified atom stereocenters. The van der Waals surface area contributed by atoms with Gasteiger partial charge in [0, 0.05) is 12.6 Å². The molecule has 0 fully saturated rings. The largest absolute Gasteiger partial charge is 0.497 e. The third-order valence-electron chi connectivity index (χ3n) is 3.49. The van der Waals surface area contributed by atoms with Gasteiger partial charge in [-0.05, 0) is 40.3 Å². The Balaban J connectivity index is 1.84. The smallest absolute Gasteiger partial charge is 0.248 e. The number of nitrogens with one attached hydrogen (secondary N) is 1. The van der Waals surface area contributed by atoms with Crippen molar-refractivity contribution in [3.8, 4) is 17.2 Å². The maximum Gasteiger partial charge on any atom is 0.248 e. The summed E-state index contributed by atoms with van der Waals surface area (Å²) in [5, 5.41) is 15.6. The van der Waals surface area contributed by atoms with Gasteiger partial charge in [-0.3, -0.25) is 0 Å². The Morgan fingerprint density at radius 1 is 1.08 bits per heavy atom. The molecule has 130 valence electrons. The van der Waals surface area contributed by atoms with E-state index in [1.54, 1.807) is 38.5 Å². The summed E-state index contributed by atoms with van der Waals surface area (Å²) in [7, 11) is 3.21. The summed E-state index contributed by atoms with van der Waals surface area (Å²) in [6.45, 7) is 0.464. The highest BCUT2D eigenvalue weighted by molar-refractivity contribution is 6.43. The van der Waals surface area contributed by atoms with E-state index in [0.717, 1.165) is 5.56 Å². The molecule has 3 aromatic rings. The Hall–Kier alpha value is -2.51. The molecule has 0 aliphatic heterocycles. The van der Waals surface area contributed by atoms with Crippen LogP contribution in [0.3, 0.4) is 0 Å². The highest BCUT2D eigenvalue weighted by atomic mass is 35.5. The van der Waals surface area contributed by atoms with Crippen LogP contribution in [0.15, 0.2) is 36.4 Å². The lowest BCUT2D eigenvalue weighted by molar-refractivity contribution is 0.393. The fraction of sp³-hybridized carbons (Fsp3) is 0.188. The molecule has 25 heavy (non-hydrogen) atoms. The van der Waals surface area contributed by atoms with Gasteiger partial charge >= 0.3 is 0 Å². The first-order valence-electron chi connectivity index (χ1n) is 7.31. The van der Waals surface area contributed by atoms with Crippen molar-refractivity contribution in [1.82, 2.24) is 20.2 Å². The van der Waals surface area contributed by atoms with Gasteiger partial charge in [0.05, 0.1) is 30.0 Å². The predicted molar refractivity (Wildman–Crippen MR) is 96.0 cm³/mol. The Morgan fingerprint density at radius 2 is 1.80 bits per heavy atom. The van der Waals surface area contributed by atoms with Crippen LogP contribution in [0.25, 0.3) is 5.69 Å². The second-order valence-corrected chi connectivity index (χ2v) is 5.85. The van der Waals surface area contributed by atoms with Crippen molar-refractivity contribution < 1.29 is 9.47 Å². The molecule has 0 radical (unpaired) electrons. The Morgan fingerprint density at radius 3 is 2.48 bits per heavy atom. The molecule has 0 saturated heterocycles. The number of hydrogen-bond donors (Lipinski definition) is 1. The Labute approximate surface area is 154 Å². The zero-order valence-corrected chi connectivity index (χ0v) is 15.0. The summed E-state index contributed by atoms with van der Waals surface area (Å²) in [5.41, 5.74) is 1.54. The summed E-state index contributed by atoms with van der Waals surface area (Å²) < 4.78 is 12.0. The number of aromatic nitrogens is 4. The van der Waals surface area contributed by atoms with Crippen molar-refractivity contribution in [2.24, 2.45) is 0 Å². The number of rotatable bonds is 6. The summed E-state index contributed by atoms with van der Waals surface area (Å²) in [5.74, 6) is 1.84. The van der Waals surface area contributed by atoms with Gasteiger partial charge in [-0.1, -0.05) is 34.4 Å². The van der Waals surface area contributed by atoms with E-state index in [1.165, 1.54) is 4.68 Å². The van der Waals surface area contributed by atoms with Gasteiger partial charge in [0.2, 0.25) is 5.95 Å². The highest BCUT2D eigenvalue weighted by Crippen LogP contribution is 2.29. The standard InChI is InChI=1S/C16H15Cl2N5O2/c1-24-11-6-10(7-12(8-11)25-2)9-19-16-20-21-22-23(16)14-5-3-4-13(17)15(14)18/h3-8H,9H2,1-2H3,(H,19,20,22). The molecule has 0 spiro atoms. The van der Waals surface area contributed by atoms with Gasteiger partial charge in [-0.25, -0.2) is 0 Å². The van der Waals surface area contributed by atoms with Crippen molar-refractivity contribution in [1.29, 1.82) is 0 Å². The number of benzene rings is 2. The maximum atomic E-state index is 6.24. The average Bonchev–Trinajstić information content (AvgIpc) is 3.10. The van der Waals surface area contributed by atoms with E-state index in [-0.39, 0.29) is 0 Å². The molecule has 2 aromatic carbocycles. The van der Waals surface area contributed by atoms with E-state index in [2.05, 4.69) is 20.8 Å². The fourth-order valence-corrected chi connectivity index (χ4v) is 2.64. The first-order valence-corrected chi connectivity index (χ1v) is 8.06. The molecule has 0 amide bonds. The van der Waals surface area contributed by atoms with Crippen LogP contribution < -0.4 is 14.8 Å². The molecule has 1 aromatic heterocycles. The molecular weight excluding hydrogens is 365 g/mol. The maximum absolute atomic E-state index is 6.24. The van der Waals surface area contributed by atoms with Crippen LogP contribution in [0.2, 0.25) is 10.0 Å². The molecule has 0 bridgehead atoms. The van der Waals surface area contributed by atoms with Crippen LogP contribution in [0.5, 0.6) is 11.5 Å². The number of nitrogens with zero attached hydrogens (tertiary/aromatic N) is 4. The normalized spacial score (nSPS) is 10.6. The quantitative estimate of drug-likeness (QED) is 0.705. The van der Waals surface area contributed by atoms with E-state index >= 15 is 0 Å². The molecule has 1 heterocycles. The molecule has 0 saturated carbocycles. The van der Waals surface area contributed by atoms with E-state index < -0.39 is 0 Å². The molecule has 0 aliphatic carbocycles. The van der Waals surface area contributed by atoms with Crippen LogP contribution in [-0.4, -0.2) is 34.4 Å². The van der Waals surface area contributed by atoms with E-state index in [9.17, 15) is 0 Å². The second kappa shape index (κ2) is 7.58. The van der Waals surface area contributed by atoms with Gasteiger partial charge in [0.25, 0.3) is 0 Å². The van der Waals surface area contributed by atoms with Crippen LogP contribution in [0, 0.1) is 0 Å². The summed E-state index contributed by atoms with van der Waals surface area (Å²) in [6.07, 6.45) is 0. The van der Waals surface area contributed by atoms with Crippen molar-refractivity contribution in [2.45, 2.75) is 6.54 Å². The minimum atomic E-state index is 0.377. The van der Waals surface area contributed by atoms with Crippen molar-refractivity contribution >= 4 is 29.2 Å². The number of anilines is 1. The Kier molecular flexibility index (Phi) is 5.25. The number of methoxy groups -OCH3 is 2. The van der Waals surface area contributed by atoms with E-state index in [4.69, 9.17) is 32.7 Å². The van der Waals surface area contributed by atoms with Gasteiger partial charge < -0.3 is 14.8 Å². The van der Waals surface area contributed by atoms with E-state index in [1.807, 2.05) is 12.1 Å². The van der Waals surface area contributed by atoms with Crippen LogP contribution >= 0.6 is 23.2 Å². The lowest BCUT2D eigenvalue weighted by Crippen LogP contribution is -2.08. The third kappa shape index (κ3) is 3.78. The number of tetrazole rings is 1. The molecule has 9 heteroatoms. The fourth-order valence-electron chi connectivity index (χ4n) is 2.27. The van der Waals surface area contributed by atoms with Crippen LogP contribution in [0.1, 0.15) is 5.56 Å². The van der Waals surface area contributed by atoms with Gasteiger partial charge in [-0.2, -0.15) is 4.68 Å². The van der Waals surface area contributed by atoms with Gasteiger partial charge in [0.1, 0.15) is 11.5 Å². The van der Waals surface area contributed by atoms with Crippen LogP contribution in [-0.2, 0) is 6.54 Å². The first kappa shape index (κ1) is 17.3. The molecule has 1 N–H and O–H groups in total. The molecule has 0 aliphatic rings. The minimum Gasteiger partial charge on any atom is -0.497 e. The summed E-state index contributed by atoms with van der Waals surface area (Å²) in [4.78, 5) is 0. The Bertz CT molecular complexity index is 862. The molecular formula is C16H15Cl2N5O2. The first-order chi connectivity index (χ1) is 12.1. The van der Waals surface area contributed by atoms with Crippen LogP contribution in [0.4, 0.5) is 5.95 Å². The molecule has 0 atom stereocenters. The predicted octanol–water partition coefficient (Wildman–Crippen LogP) is 3.60. The van der Waals surface area contributed by atoms with Crippen molar-refractivity contribution in [3.05, 3.63) is 52.0 Å². The zero-order valence-electron chi connectivity index (χ0n) is 13.5. The third-order valence-corrected chi connectivity index (χ3v) is 4.30. The number of hydrogen-bond acceptors (Lipinski definition) is 6.